The lowest BCUT2D eigenvalue weighted by Crippen LogP contribution is -2.20. The largest absolute Gasteiger partial charge is 0.332 e. The van der Waals surface area contributed by atoms with E-state index in [9.17, 15) is 0 Å². The van der Waals surface area contributed by atoms with Crippen LogP contribution in [0.1, 0.15) is 33.6 Å². The fourth-order valence-electron chi connectivity index (χ4n) is 3.15. The van der Waals surface area contributed by atoms with Gasteiger partial charge in [-0.2, -0.15) is 5.10 Å². The van der Waals surface area contributed by atoms with Crippen molar-refractivity contribution < 1.29 is 0 Å². The monoisotopic (exact) mass is 378 g/mol. The van der Waals surface area contributed by atoms with Crippen molar-refractivity contribution in [3.63, 3.8) is 0 Å². The normalized spacial score (nSPS) is 10.7. The Bertz CT molecular complexity index is 988. The molecule has 0 fully saturated rings. The molecule has 1 aromatic heterocycles. The molecule has 5 heteroatoms. The second-order valence-electron chi connectivity index (χ2n) is 7.09. The molecule has 1 heterocycles. The first-order chi connectivity index (χ1) is 12.8. The van der Waals surface area contributed by atoms with Crippen LogP contribution in [0.15, 0.2) is 42.5 Å². The van der Waals surface area contributed by atoms with Crippen molar-refractivity contribution in [3.05, 3.63) is 76.1 Å². The highest BCUT2D eigenvalue weighted by Crippen LogP contribution is 2.22. The van der Waals surface area contributed by atoms with Crippen molar-refractivity contribution in [2.45, 2.75) is 41.2 Å². The van der Waals surface area contributed by atoms with Crippen molar-refractivity contribution in [2.75, 3.05) is 10.6 Å². The average Bonchev–Trinajstić information content (AvgIpc) is 2.86. The fraction of sp³-hybridized carbons (Fsp3) is 0.273. The lowest BCUT2D eigenvalue weighted by molar-refractivity contribution is 0.659. The first kappa shape index (κ1) is 19.1. The zero-order valence-corrected chi connectivity index (χ0v) is 17.4. The molecular formula is C22H26N4S. The molecule has 3 aromatic rings. The molecule has 0 bridgehead atoms. The molecule has 2 N–H and O–H groups in total. The highest BCUT2D eigenvalue weighted by molar-refractivity contribution is 7.80. The first-order valence-corrected chi connectivity index (χ1v) is 9.49. The Kier molecular flexibility index (Phi) is 5.61. The molecule has 0 aliphatic carbocycles. The van der Waals surface area contributed by atoms with Gasteiger partial charge in [-0.15, -0.1) is 0 Å². The molecule has 0 amide bonds. The predicted octanol–water partition coefficient (Wildman–Crippen LogP) is 5.28. The Hall–Kier alpha value is -2.66. The van der Waals surface area contributed by atoms with E-state index in [0.717, 1.165) is 34.9 Å². The van der Waals surface area contributed by atoms with E-state index in [1.807, 2.05) is 11.6 Å². The second kappa shape index (κ2) is 7.92. The Morgan fingerprint density at radius 1 is 0.963 bits per heavy atom. The molecule has 0 aliphatic heterocycles. The van der Waals surface area contributed by atoms with Crippen LogP contribution >= 0.6 is 12.2 Å². The standard InChI is InChI=1S/C22H26N4S/c1-14-7-6-8-19(11-14)13-26-18(5)21(17(4)25-26)24-22(27)23-20-12-15(2)9-10-16(20)3/h6-12H,13H2,1-5H3,(H2,23,24,27). The highest BCUT2D eigenvalue weighted by atomic mass is 32.1. The molecule has 0 aliphatic rings. The van der Waals surface area contributed by atoms with E-state index in [2.05, 4.69) is 80.8 Å². The van der Waals surface area contributed by atoms with Crippen LogP contribution < -0.4 is 10.6 Å². The molecule has 27 heavy (non-hydrogen) atoms. The van der Waals surface area contributed by atoms with Crippen molar-refractivity contribution in [1.82, 2.24) is 9.78 Å². The van der Waals surface area contributed by atoms with Gasteiger partial charge in [-0.05, 0) is 69.6 Å². The highest BCUT2D eigenvalue weighted by Gasteiger charge is 2.13. The summed E-state index contributed by atoms with van der Waals surface area (Å²) in [6, 6.07) is 14.8. The third-order valence-electron chi connectivity index (χ3n) is 4.68. The number of aryl methyl sites for hydroxylation is 4. The Morgan fingerprint density at radius 3 is 2.44 bits per heavy atom. The lowest BCUT2D eigenvalue weighted by atomic mass is 10.1. The molecule has 0 saturated carbocycles. The van der Waals surface area contributed by atoms with Crippen LogP contribution in [0.3, 0.4) is 0 Å². The summed E-state index contributed by atoms with van der Waals surface area (Å²) in [5, 5.41) is 11.9. The van der Waals surface area contributed by atoms with E-state index in [1.165, 1.54) is 16.7 Å². The van der Waals surface area contributed by atoms with Crippen LogP contribution in [0.4, 0.5) is 11.4 Å². The molecule has 0 saturated heterocycles. The molecule has 3 rings (SSSR count). The van der Waals surface area contributed by atoms with Gasteiger partial charge in [0.1, 0.15) is 0 Å². The van der Waals surface area contributed by atoms with Crippen molar-refractivity contribution in [3.8, 4) is 0 Å². The number of nitrogens with zero attached hydrogens (tertiary/aromatic N) is 2. The number of nitrogens with one attached hydrogen (secondary N) is 2. The summed E-state index contributed by atoms with van der Waals surface area (Å²) < 4.78 is 2.02. The lowest BCUT2D eigenvalue weighted by Gasteiger charge is -2.13. The van der Waals surface area contributed by atoms with Crippen LogP contribution in [-0.2, 0) is 6.54 Å². The number of aromatic nitrogens is 2. The number of thiocarbonyl (C=S) groups is 1. The van der Waals surface area contributed by atoms with E-state index >= 15 is 0 Å². The molecule has 2 aromatic carbocycles. The van der Waals surface area contributed by atoms with Crippen molar-refractivity contribution in [1.29, 1.82) is 0 Å². The maximum absolute atomic E-state index is 5.54. The molecule has 0 unspecified atom stereocenters. The van der Waals surface area contributed by atoms with Crippen molar-refractivity contribution >= 4 is 28.7 Å². The second-order valence-corrected chi connectivity index (χ2v) is 7.50. The van der Waals surface area contributed by atoms with Gasteiger partial charge in [-0.1, -0.05) is 42.0 Å². The maximum Gasteiger partial charge on any atom is 0.175 e. The van der Waals surface area contributed by atoms with Gasteiger partial charge in [-0.25, -0.2) is 0 Å². The van der Waals surface area contributed by atoms with Gasteiger partial charge in [0.05, 0.1) is 23.6 Å². The van der Waals surface area contributed by atoms with Crippen LogP contribution in [0, 0.1) is 34.6 Å². The number of rotatable bonds is 4. The summed E-state index contributed by atoms with van der Waals surface area (Å²) >= 11 is 5.54. The molecule has 0 spiro atoms. The fourth-order valence-corrected chi connectivity index (χ4v) is 3.36. The molecule has 0 radical (unpaired) electrons. The van der Waals surface area contributed by atoms with Crippen molar-refractivity contribution in [2.24, 2.45) is 0 Å². The van der Waals surface area contributed by atoms with Gasteiger partial charge in [-0.3, -0.25) is 4.68 Å². The Balaban J connectivity index is 1.76. The zero-order chi connectivity index (χ0) is 19.6. The van der Waals surface area contributed by atoms with Crippen LogP contribution in [0.2, 0.25) is 0 Å². The summed E-state index contributed by atoms with van der Waals surface area (Å²) in [5.41, 5.74) is 8.84. The SMILES string of the molecule is Cc1cccc(Cn2nc(C)c(NC(=S)Nc3cc(C)ccc3C)c2C)c1. The van der Waals surface area contributed by atoms with Gasteiger partial charge < -0.3 is 10.6 Å². The number of anilines is 2. The van der Waals surface area contributed by atoms with E-state index in [0.29, 0.717) is 5.11 Å². The number of benzene rings is 2. The third-order valence-corrected chi connectivity index (χ3v) is 4.88. The van der Waals surface area contributed by atoms with Gasteiger partial charge in [0.2, 0.25) is 0 Å². The third kappa shape index (κ3) is 4.55. The smallest absolute Gasteiger partial charge is 0.175 e. The summed E-state index contributed by atoms with van der Waals surface area (Å²) in [4.78, 5) is 0. The van der Waals surface area contributed by atoms with E-state index in [1.54, 1.807) is 0 Å². The van der Waals surface area contributed by atoms with Crippen LogP contribution in [-0.4, -0.2) is 14.9 Å². The maximum atomic E-state index is 5.54. The summed E-state index contributed by atoms with van der Waals surface area (Å²) in [5.74, 6) is 0. The quantitative estimate of drug-likeness (QED) is 0.606. The summed E-state index contributed by atoms with van der Waals surface area (Å²) in [6.45, 7) is 11.1. The minimum absolute atomic E-state index is 0.574. The minimum Gasteiger partial charge on any atom is -0.332 e. The van der Waals surface area contributed by atoms with E-state index in [-0.39, 0.29) is 0 Å². The van der Waals surface area contributed by atoms with Gasteiger partial charge in [0.25, 0.3) is 0 Å². The van der Waals surface area contributed by atoms with Gasteiger partial charge in [0.15, 0.2) is 5.11 Å². The summed E-state index contributed by atoms with van der Waals surface area (Å²) in [6.07, 6.45) is 0. The van der Waals surface area contributed by atoms with E-state index in [4.69, 9.17) is 17.3 Å². The molecule has 0 atom stereocenters. The minimum atomic E-state index is 0.574. The van der Waals surface area contributed by atoms with E-state index < -0.39 is 0 Å². The predicted molar refractivity (Wildman–Crippen MR) is 118 cm³/mol. The molecule has 4 nitrogen and oxygen atoms in total. The zero-order valence-electron chi connectivity index (χ0n) is 16.6. The molecule has 140 valence electrons. The first-order valence-electron chi connectivity index (χ1n) is 9.08. The van der Waals surface area contributed by atoms with Crippen LogP contribution in [0.25, 0.3) is 0 Å². The average molecular weight is 379 g/mol. The van der Waals surface area contributed by atoms with Gasteiger partial charge in [0, 0.05) is 5.69 Å². The van der Waals surface area contributed by atoms with Crippen LogP contribution in [0.5, 0.6) is 0 Å². The number of hydrogen-bond acceptors (Lipinski definition) is 2. The van der Waals surface area contributed by atoms with Gasteiger partial charge >= 0.3 is 0 Å². The summed E-state index contributed by atoms with van der Waals surface area (Å²) in [7, 11) is 0. The Morgan fingerprint density at radius 2 is 1.70 bits per heavy atom. The Labute approximate surface area is 166 Å². The molecular weight excluding hydrogens is 352 g/mol. The number of hydrogen-bond donors (Lipinski definition) is 2. The topological polar surface area (TPSA) is 41.9 Å².